The van der Waals surface area contributed by atoms with Gasteiger partial charge in [-0.15, -0.1) is 0 Å². The van der Waals surface area contributed by atoms with Gasteiger partial charge in [0.25, 0.3) is 11.8 Å². The lowest BCUT2D eigenvalue weighted by Crippen LogP contribution is -2.20. The number of benzene rings is 3. The van der Waals surface area contributed by atoms with Gasteiger partial charge in [0.2, 0.25) is 0 Å². The maximum atomic E-state index is 12.4. The Bertz CT molecular complexity index is 1010. The molecule has 3 aromatic carbocycles. The van der Waals surface area contributed by atoms with Gasteiger partial charge in [0.05, 0.1) is 0 Å². The predicted molar refractivity (Wildman–Crippen MR) is 116 cm³/mol. The van der Waals surface area contributed by atoms with Crippen LogP contribution in [0.4, 0.5) is 11.4 Å². The van der Waals surface area contributed by atoms with Crippen LogP contribution >= 0.6 is 0 Å². The summed E-state index contributed by atoms with van der Waals surface area (Å²) in [5, 5.41) is 5.65. The van der Waals surface area contributed by atoms with Crippen molar-refractivity contribution < 1.29 is 14.3 Å². The zero-order chi connectivity index (χ0) is 20.8. The summed E-state index contributed by atoms with van der Waals surface area (Å²) in [7, 11) is 0. The van der Waals surface area contributed by atoms with Crippen molar-refractivity contribution in [3.05, 3.63) is 89.0 Å². The van der Waals surface area contributed by atoms with E-state index in [1.807, 2.05) is 57.2 Å². The number of anilines is 2. The molecule has 148 valence electrons. The lowest BCUT2D eigenvalue weighted by atomic mass is 10.1. The summed E-state index contributed by atoms with van der Waals surface area (Å²) in [6.45, 7) is 5.79. The molecule has 5 heteroatoms. The Morgan fingerprint density at radius 2 is 1.38 bits per heavy atom. The van der Waals surface area contributed by atoms with Gasteiger partial charge in [0.15, 0.2) is 6.61 Å². The maximum Gasteiger partial charge on any atom is 0.262 e. The number of rotatable bonds is 6. The van der Waals surface area contributed by atoms with Crippen molar-refractivity contribution >= 4 is 23.2 Å². The summed E-state index contributed by atoms with van der Waals surface area (Å²) in [5.74, 6) is 0.259. The van der Waals surface area contributed by atoms with Crippen LogP contribution in [-0.2, 0) is 4.79 Å². The number of carbonyl (C=O) groups excluding carboxylic acids is 2. The first kappa shape index (κ1) is 20.1. The van der Waals surface area contributed by atoms with Gasteiger partial charge >= 0.3 is 0 Å². The highest BCUT2D eigenvalue weighted by molar-refractivity contribution is 6.05. The normalized spacial score (nSPS) is 10.3. The first-order chi connectivity index (χ1) is 13.9. The first-order valence-corrected chi connectivity index (χ1v) is 9.39. The molecule has 0 bridgehead atoms. The van der Waals surface area contributed by atoms with Crippen LogP contribution in [0, 0.1) is 20.8 Å². The largest absolute Gasteiger partial charge is 0.484 e. The van der Waals surface area contributed by atoms with Gasteiger partial charge in [0.1, 0.15) is 5.75 Å². The van der Waals surface area contributed by atoms with Crippen LogP contribution in [0.2, 0.25) is 0 Å². The third kappa shape index (κ3) is 5.69. The highest BCUT2D eigenvalue weighted by Crippen LogP contribution is 2.18. The number of ether oxygens (including phenoxy) is 1. The summed E-state index contributed by atoms with van der Waals surface area (Å²) in [6, 6.07) is 20.2. The third-order valence-electron chi connectivity index (χ3n) is 4.38. The fourth-order valence-corrected chi connectivity index (χ4v) is 3.03. The quantitative estimate of drug-likeness (QED) is 0.632. The van der Waals surface area contributed by atoms with E-state index in [9.17, 15) is 9.59 Å². The molecule has 0 saturated carbocycles. The number of hydrogen-bond donors (Lipinski definition) is 2. The second kappa shape index (κ2) is 9.06. The van der Waals surface area contributed by atoms with Crippen molar-refractivity contribution in [1.82, 2.24) is 0 Å². The predicted octanol–water partition coefficient (Wildman–Crippen LogP) is 4.88. The molecule has 3 rings (SSSR count). The molecule has 0 heterocycles. The SMILES string of the molecule is Cc1cc(C)cc(OCC(=O)Nc2ccc(NC(=O)c3ccccc3C)cc2)c1. The van der Waals surface area contributed by atoms with E-state index in [1.165, 1.54) is 0 Å². The van der Waals surface area contributed by atoms with Gasteiger partial charge in [-0.2, -0.15) is 0 Å². The molecule has 0 aromatic heterocycles. The van der Waals surface area contributed by atoms with Crippen molar-refractivity contribution in [2.24, 2.45) is 0 Å². The average molecular weight is 388 g/mol. The Morgan fingerprint density at radius 1 is 0.793 bits per heavy atom. The number of nitrogens with one attached hydrogen (secondary N) is 2. The van der Waals surface area contributed by atoms with E-state index in [2.05, 4.69) is 10.6 Å². The molecule has 0 fully saturated rings. The van der Waals surface area contributed by atoms with Crippen LogP contribution in [0.5, 0.6) is 5.75 Å². The zero-order valence-electron chi connectivity index (χ0n) is 16.8. The minimum atomic E-state index is -0.249. The number of aryl methyl sites for hydroxylation is 3. The van der Waals surface area contributed by atoms with E-state index in [0.717, 1.165) is 16.7 Å². The van der Waals surface area contributed by atoms with E-state index in [1.54, 1.807) is 30.3 Å². The average Bonchev–Trinajstić information content (AvgIpc) is 2.67. The molecule has 0 aliphatic heterocycles. The second-order valence-corrected chi connectivity index (χ2v) is 7.01. The Hall–Kier alpha value is -3.60. The van der Waals surface area contributed by atoms with Gasteiger partial charge in [-0.05, 0) is 79.9 Å². The fourth-order valence-electron chi connectivity index (χ4n) is 3.03. The van der Waals surface area contributed by atoms with Crippen LogP contribution < -0.4 is 15.4 Å². The van der Waals surface area contributed by atoms with Crippen molar-refractivity contribution in [2.75, 3.05) is 17.2 Å². The first-order valence-electron chi connectivity index (χ1n) is 9.39. The zero-order valence-corrected chi connectivity index (χ0v) is 16.8. The van der Waals surface area contributed by atoms with Crippen molar-refractivity contribution in [1.29, 1.82) is 0 Å². The monoisotopic (exact) mass is 388 g/mol. The Balaban J connectivity index is 1.54. The summed E-state index contributed by atoms with van der Waals surface area (Å²) < 4.78 is 5.57. The van der Waals surface area contributed by atoms with Crippen molar-refractivity contribution in [3.8, 4) is 5.75 Å². The highest BCUT2D eigenvalue weighted by atomic mass is 16.5. The molecule has 2 amide bonds. The summed E-state index contributed by atoms with van der Waals surface area (Å²) in [5.41, 5.74) is 5.01. The van der Waals surface area contributed by atoms with E-state index < -0.39 is 0 Å². The van der Waals surface area contributed by atoms with Crippen LogP contribution in [0.25, 0.3) is 0 Å². The molecule has 0 radical (unpaired) electrons. The molecule has 0 unspecified atom stereocenters. The lowest BCUT2D eigenvalue weighted by molar-refractivity contribution is -0.118. The number of carbonyl (C=O) groups is 2. The molecule has 2 N–H and O–H groups in total. The van der Waals surface area contributed by atoms with E-state index in [0.29, 0.717) is 22.7 Å². The van der Waals surface area contributed by atoms with E-state index in [-0.39, 0.29) is 18.4 Å². The lowest BCUT2D eigenvalue weighted by Gasteiger charge is -2.10. The van der Waals surface area contributed by atoms with Crippen LogP contribution in [0.1, 0.15) is 27.0 Å². The minimum Gasteiger partial charge on any atom is -0.484 e. The highest BCUT2D eigenvalue weighted by Gasteiger charge is 2.09. The molecule has 0 saturated heterocycles. The Kier molecular flexibility index (Phi) is 6.29. The van der Waals surface area contributed by atoms with Gasteiger partial charge < -0.3 is 15.4 Å². The standard InChI is InChI=1S/C24H24N2O3/c1-16-12-17(2)14-21(13-16)29-15-23(27)25-19-8-10-20(11-9-19)26-24(28)22-7-5-4-6-18(22)3/h4-14H,15H2,1-3H3,(H,25,27)(H,26,28). The molecule has 5 nitrogen and oxygen atoms in total. The summed E-state index contributed by atoms with van der Waals surface area (Å²) in [4.78, 5) is 24.5. The Labute approximate surface area is 170 Å². The smallest absolute Gasteiger partial charge is 0.262 e. The fraction of sp³-hybridized carbons (Fsp3) is 0.167. The van der Waals surface area contributed by atoms with Gasteiger partial charge in [-0.25, -0.2) is 0 Å². The molecule has 0 spiro atoms. The maximum absolute atomic E-state index is 12.4. The van der Waals surface area contributed by atoms with Crippen molar-refractivity contribution in [2.45, 2.75) is 20.8 Å². The van der Waals surface area contributed by atoms with Crippen molar-refractivity contribution in [3.63, 3.8) is 0 Å². The van der Waals surface area contributed by atoms with E-state index in [4.69, 9.17) is 4.74 Å². The van der Waals surface area contributed by atoms with Gasteiger partial charge in [-0.3, -0.25) is 9.59 Å². The molecular formula is C24H24N2O3. The van der Waals surface area contributed by atoms with Gasteiger partial charge in [-0.1, -0.05) is 24.3 Å². The third-order valence-corrected chi connectivity index (χ3v) is 4.38. The topological polar surface area (TPSA) is 67.4 Å². The minimum absolute atomic E-state index is 0.0747. The van der Waals surface area contributed by atoms with Crippen LogP contribution in [0.3, 0.4) is 0 Å². The van der Waals surface area contributed by atoms with Gasteiger partial charge in [0, 0.05) is 16.9 Å². The second-order valence-electron chi connectivity index (χ2n) is 7.01. The van der Waals surface area contributed by atoms with E-state index >= 15 is 0 Å². The summed E-state index contributed by atoms with van der Waals surface area (Å²) in [6.07, 6.45) is 0. The molecule has 0 aliphatic rings. The summed E-state index contributed by atoms with van der Waals surface area (Å²) >= 11 is 0. The molecular weight excluding hydrogens is 364 g/mol. The molecule has 29 heavy (non-hydrogen) atoms. The molecule has 0 atom stereocenters. The van der Waals surface area contributed by atoms with Crippen LogP contribution in [-0.4, -0.2) is 18.4 Å². The molecule has 3 aromatic rings. The molecule has 0 aliphatic carbocycles. The number of amides is 2. The van der Waals surface area contributed by atoms with Crippen LogP contribution in [0.15, 0.2) is 66.7 Å². The Morgan fingerprint density at radius 3 is 2.00 bits per heavy atom. The number of hydrogen-bond acceptors (Lipinski definition) is 3.